The molecule has 88 valence electrons. The first-order valence-electron chi connectivity index (χ1n) is 5.23. The fourth-order valence-electron chi connectivity index (χ4n) is 1.62. The summed E-state index contributed by atoms with van der Waals surface area (Å²) in [6.07, 6.45) is 1.75. The van der Waals surface area contributed by atoms with Crippen molar-refractivity contribution >= 4 is 33.3 Å². The second-order valence-corrected chi connectivity index (χ2v) is 5.12. The Morgan fingerprint density at radius 2 is 2.00 bits per heavy atom. The molecule has 0 aliphatic heterocycles. The molecule has 0 aliphatic carbocycles. The molecular weight excluding hydrogens is 300 g/mol. The van der Waals surface area contributed by atoms with Crippen molar-refractivity contribution < 1.29 is 0 Å². The summed E-state index contributed by atoms with van der Waals surface area (Å²) in [5, 5.41) is 0.651. The van der Waals surface area contributed by atoms with E-state index in [9.17, 15) is 0 Å². The smallest absolute Gasteiger partial charge is 0.147 e. The maximum Gasteiger partial charge on any atom is 0.147 e. The highest BCUT2D eigenvalue weighted by Gasteiger charge is 2.08. The molecule has 1 aromatic carbocycles. The highest BCUT2D eigenvalue weighted by atomic mass is 79.9. The molecule has 0 amide bonds. The van der Waals surface area contributed by atoms with E-state index in [1.807, 2.05) is 36.2 Å². The molecule has 0 unspecified atom stereocenters. The quantitative estimate of drug-likeness (QED) is 0.847. The van der Waals surface area contributed by atoms with Crippen LogP contribution in [0.15, 0.2) is 47.1 Å². The van der Waals surface area contributed by atoms with Crippen LogP contribution in [0.2, 0.25) is 5.02 Å². The average molecular weight is 312 g/mol. The van der Waals surface area contributed by atoms with Gasteiger partial charge in [0, 0.05) is 24.3 Å². The number of hydrogen-bond donors (Lipinski definition) is 0. The Hall–Kier alpha value is -1.06. The molecule has 0 fully saturated rings. The molecule has 0 N–H and O–H groups in total. The van der Waals surface area contributed by atoms with Crippen molar-refractivity contribution in [3.8, 4) is 0 Å². The lowest BCUT2D eigenvalue weighted by Gasteiger charge is -2.19. The number of anilines is 1. The van der Waals surface area contributed by atoms with Gasteiger partial charge in [0.25, 0.3) is 0 Å². The molecule has 0 bridgehead atoms. The van der Waals surface area contributed by atoms with Crippen molar-refractivity contribution in [2.75, 3.05) is 11.9 Å². The number of pyridine rings is 1. The molecule has 2 nitrogen and oxygen atoms in total. The third-order valence-corrected chi connectivity index (χ3v) is 3.12. The molecule has 2 aromatic rings. The van der Waals surface area contributed by atoms with E-state index in [1.54, 1.807) is 6.20 Å². The molecule has 1 aromatic heterocycles. The summed E-state index contributed by atoms with van der Waals surface area (Å²) in [4.78, 5) is 6.35. The summed E-state index contributed by atoms with van der Waals surface area (Å²) < 4.78 is 0.888. The van der Waals surface area contributed by atoms with Crippen molar-refractivity contribution in [3.63, 3.8) is 0 Å². The largest absolute Gasteiger partial charge is 0.354 e. The van der Waals surface area contributed by atoms with E-state index < -0.39 is 0 Å². The zero-order chi connectivity index (χ0) is 12.3. The third-order valence-electron chi connectivity index (χ3n) is 2.41. The molecule has 0 radical (unpaired) electrons. The maximum atomic E-state index is 6.16. The molecular formula is C13H12BrClN2. The molecule has 0 atom stereocenters. The van der Waals surface area contributed by atoms with Crippen LogP contribution in [0.1, 0.15) is 5.56 Å². The second kappa shape index (κ2) is 5.52. The van der Waals surface area contributed by atoms with Crippen LogP contribution in [-0.4, -0.2) is 12.0 Å². The van der Waals surface area contributed by atoms with E-state index in [2.05, 4.69) is 33.0 Å². The second-order valence-electron chi connectivity index (χ2n) is 3.80. The summed E-state index contributed by atoms with van der Waals surface area (Å²) in [5.41, 5.74) is 1.23. The Bertz CT molecular complexity index is 502. The van der Waals surface area contributed by atoms with Crippen molar-refractivity contribution in [1.82, 2.24) is 4.98 Å². The molecule has 0 aliphatic rings. The summed E-state index contributed by atoms with van der Waals surface area (Å²) in [6.45, 7) is 0.787. The summed E-state index contributed by atoms with van der Waals surface area (Å²) in [6, 6.07) is 12.1. The maximum absolute atomic E-state index is 6.16. The van der Waals surface area contributed by atoms with Crippen LogP contribution in [0.4, 0.5) is 5.82 Å². The highest BCUT2D eigenvalue weighted by Crippen LogP contribution is 2.26. The Balaban J connectivity index is 2.17. The first-order valence-corrected chi connectivity index (χ1v) is 6.40. The standard InChI is InChI=1S/C13H12BrClN2/c1-17(9-10-5-3-2-4-6-10)13-12(15)7-11(14)8-16-13/h2-8H,9H2,1H3. The minimum atomic E-state index is 0.651. The number of nitrogens with zero attached hydrogens (tertiary/aromatic N) is 2. The van der Waals surface area contributed by atoms with Gasteiger partial charge in [-0.3, -0.25) is 0 Å². The predicted molar refractivity (Wildman–Crippen MR) is 75.5 cm³/mol. The molecule has 2 rings (SSSR count). The van der Waals surface area contributed by atoms with Gasteiger partial charge in [-0.05, 0) is 27.6 Å². The van der Waals surface area contributed by atoms with Crippen LogP contribution in [0.25, 0.3) is 0 Å². The van der Waals surface area contributed by atoms with E-state index in [0.717, 1.165) is 16.8 Å². The van der Waals surface area contributed by atoms with E-state index in [1.165, 1.54) is 5.56 Å². The lowest BCUT2D eigenvalue weighted by molar-refractivity contribution is 0.897. The first kappa shape index (κ1) is 12.4. The Labute approximate surface area is 114 Å². The van der Waals surface area contributed by atoms with Gasteiger partial charge >= 0.3 is 0 Å². The van der Waals surface area contributed by atoms with E-state index in [0.29, 0.717) is 5.02 Å². The van der Waals surface area contributed by atoms with Crippen LogP contribution in [-0.2, 0) is 6.54 Å². The summed E-state index contributed by atoms with van der Waals surface area (Å²) in [5.74, 6) is 0.790. The summed E-state index contributed by atoms with van der Waals surface area (Å²) >= 11 is 9.50. The normalized spacial score (nSPS) is 10.3. The fraction of sp³-hybridized carbons (Fsp3) is 0.154. The van der Waals surface area contributed by atoms with Crippen LogP contribution in [0.5, 0.6) is 0 Å². The van der Waals surface area contributed by atoms with Gasteiger partial charge < -0.3 is 4.90 Å². The van der Waals surface area contributed by atoms with Crippen molar-refractivity contribution in [2.45, 2.75) is 6.54 Å². The lowest BCUT2D eigenvalue weighted by Crippen LogP contribution is -2.17. The SMILES string of the molecule is CN(Cc1ccccc1)c1ncc(Br)cc1Cl. The average Bonchev–Trinajstić information content (AvgIpc) is 2.30. The van der Waals surface area contributed by atoms with Gasteiger partial charge in [-0.2, -0.15) is 0 Å². The Kier molecular flexibility index (Phi) is 4.02. The number of hydrogen-bond acceptors (Lipinski definition) is 2. The first-order chi connectivity index (χ1) is 8.16. The monoisotopic (exact) mass is 310 g/mol. The third kappa shape index (κ3) is 3.20. The van der Waals surface area contributed by atoms with E-state index in [-0.39, 0.29) is 0 Å². The molecule has 0 saturated heterocycles. The van der Waals surface area contributed by atoms with Gasteiger partial charge in [0.2, 0.25) is 0 Å². The number of benzene rings is 1. The molecule has 1 heterocycles. The fourth-order valence-corrected chi connectivity index (χ4v) is 2.39. The van der Waals surface area contributed by atoms with Gasteiger partial charge in [-0.1, -0.05) is 41.9 Å². The van der Waals surface area contributed by atoms with Crippen LogP contribution >= 0.6 is 27.5 Å². The number of rotatable bonds is 3. The molecule has 0 saturated carbocycles. The van der Waals surface area contributed by atoms with Crippen molar-refractivity contribution in [2.24, 2.45) is 0 Å². The zero-order valence-electron chi connectivity index (χ0n) is 9.40. The van der Waals surface area contributed by atoms with Gasteiger partial charge in [-0.25, -0.2) is 4.98 Å². The van der Waals surface area contributed by atoms with Gasteiger partial charge in [0.1, 0.15) is 5.82 Å². The van der Waals surface area contributed by atoms with Crippen LogP contribution < -0.4 is 4.90 Å². The zero-order valence-corrected chi connectivity index (χ0v) is 11.7. The van der Waals surface area contributed by atoms with E-state index in [4.69, 9.17) is 11.6 Å². The molecule has 4 heteroatoms. The Morgan fingerprint density at radius 3 is 2.65 bits per heavy atom. The predicted octanol–water partition coefficient (Wildman–Crippen LogP) is 4.13. The molecule has 17 heavy (non-hydrogen) atoms. The van der Waals surface area contributed by atoms with Crippen LogP contribution in [0, 0.1) is 0 Å². The summed E-state index contributed by atoms with van der Waals surface area (Å²) in [7, 11) is 1.98. The van der Waals surface area contributed by atoms with Crippen molar-refractivity contribution in [1.29, 1.82) is 0 Å². The number of halogens is 2. The molecule has 0 spiro atoms. The van der Waals surface area contributed by atoms with Gasteiger partial charge in [0.05, 0.1) is 5.02 Å². The minimum Gasteiger partial charge on any atom is -0.354 e. The van der Waals surface area contributed by atoms with Crippen molar-refractivity contribution in [3.05, 3.63) is 57.7 Å². The van der Waals surface area contributed by atoms with Gasteiger partial charge in [-0.15, -0.1) is 0 Å². The highest BCUT2D eigenvalue weighted by molar-refractivity contribution is 9.10. The van der Waals surface area contributed by atoms with E-state index >= 15 is 0 Å². The minimum absolute atomic E-state index is 0.651. The lowest BCUT2D eigenvalue weighted by atomic mass is 10.2. The Morgan fingerprint density at radius 1 is 1.29 bits per heavy atom. The van der Waals surface area contributed by atoms with Crippen LogP contribution in [0.3, 0.4) is 0 Å². The topological polar surface area (TPSA) is 16.1 Å². The van der Waals surface area contributed by atoms with Gasteiger partial charge in [0.15, 0.2) is 0 Å². The number of aromatic nitrogens is 1.